The van der Waals surface area contributed by atoms with Crippen molar-refractivity contribution in [3.63, 3.8) is 0 Å². The minimum absolute atomic E-state index is 0.262. The van der Waals surface area contributed by atoms with E-state index in [1.54, 1.807) is 5.32 Å². The van der Waals surface area contributed by atoms with Crippen molar-refractivity contribution in [3.05, 3.63) is 29.6 Å². The van der Waals surface area contributed by atoms with Gasteiger partial charge in [0.1, 0.15) is 18.4 Å². The molecule has 1 unspecified atom stereocenters. The summed E-state index contributed by atoms with van der Waals surface area (Å²) in [5.74, 6) is -5.00. The maximum Gasteiger partial charge on any atom is 0.405 e. The van der Waals surface area contributed by atoms with Gasteiger partial charge >= 0.3 is 6.18 Å². The van der Waals surface area contributed by atoms with E-state index in [0.29, 0.717) is 6.07 Å². The van der Waals surface area contributed by atoms with Crippen molar-refractivity contribution in [2.24, 2.45) is 0 Å². The van der Waals surface area contributed by atoms with Crippen molar-refractivity contribution in [2.75, 3.05) is 11.9 Å². The van der Waals surface area contributed by atoms with Gasteiger partial charge in [-0.2, -0.15) is 13.2 Å². The largest absolute Gasteiger partial charge is 0.405 e. The molecule has 3 nitrogen and oxygen atoms in total. The third kappa shape index (κ3) is 4.63. The summed E-state index contributed by atoms with van der Waals surface area (Å²) < 4.78 is 74.4. The first-order valence-corrected chi connectivity index (χ1v) is 5.35. The van der Waals surface area contributed by atoms with Gasteiger partial charge in [0, 0.05) is 12.1 Å². The lowest BCUT2D eigenvalue weighted by Gasteiger charge is -2.16. The van der Waals surface area contributed by atoms with Crippen LogP contribution in [0.15, 0.2) is 12.1 Å². The van der Waals surface area contributed by atoms with Crippen molar-refractivity contribution in [3.8, 4) is 0 Å². The number of nitrogens with one attached hydrogen (secondary N) is 2. The van der Waals surface area contributed by atoms with Crippen LogP contribution in [0.4, 0.5) is 32.0 Å². The van der Waals surface area contributed by atoms with Gasteiger partial charge in [0.2, 0.25) is 5.91 Å². The second-order valence-electron chi connectivity index (χ2n) is 3.95. The van der Waals surface area contributed by atoms with Crippen molar-refractivity contribution in [2.45, 2.75) is 19.1 Å². The molecule has 0 fully saturated rings. The minimum atomic E-state index is -4.58. The topological polar surface area (TPSA) is 41.1 Å². The third-order valence-corrected chi connectivity index (χ3v) is 2.24. The summed E-state index contributed by atoms with van der Waals surface area (Å²) in [4.78, 5) is 11.3. The normalized spacial score (nSPS) is 12.9. The maximum atomic E-state index is 13.2. The first-order valence-electron chi connectivity index (χ1n) is 5.35. The summed E-state index contributed by atoms with van der Waals surface area (Å²) in [6.07, 6.45) is -4.58. The van der Waals surface area contributed by atoms with Gasteiger partial charge in [-0.25, -0.2) is 13.2 Å². The van der Waals surface area contributed by atoms with E-state index in [1.807, 2.05) is 0 Å². The molecule has 1 atom stereocenters. The van der Waals surface area contributed by atoms with Crippen LogP contribution >= 0.6 is 0 Å². The summed E-state index contributed by atoms with van der Waals surface area (Å²) in [5, 5.41) is 3.72. The Morgan fingerprint density at radius 1 is 1.15 bits per heavy atom. The molecule has 20 heavy (non-hydrogen) atoms. The van der Waals surface area contributed by atoms with Gasteiger partial charge in [-0.3, -0.25) is 4.79 Å². The number of rotatable bonds is 4. The van der Waals surface area contributed by atoms with E-state index >= 15 is 0 Å². The lowest BCUT2D eigenvalue weighted by molar-refractivity contribution is -0.138. The number of anilines is 1. The van der Waals surface area contributed by atoms with Crippen LogP contribution < -0.4 is 10.6 Å². The molecule has 0 aliphatic heterocycles. The molecule has 1 aromatic rings. The molecular formula is C11H10F6N2O. The Morgan fingerprint density at radius 3 is 2.25 bits per heavy atom. The highest BCUT2D eigenvalue weighted by molar-refractivity contribution is 5.84. The second kappa shape index (κ2) is 6.02. The highest BCUT2D eigenvalue weighted by Gasteiger charge is 2.28. The highest BCUT2D eigenvalue weighted by Crippen LogP contribution is 2.19. The fourth-order valence-corrected chi connectivity index (χ4v) is 1.27. The number of alkyl halides is 3. The zero-order valence-electron chi connectivity index (χ0n) is 10.1. The third-order valence-electron chi connectivity index (χ3n) is 2.24. The van der Waals surface area contributed by atoms with Crippen molar-refractivity contribution < 1.29 is 31.1 Å². The molecular weight excluding hydrogens is 290 g/mol. The van der Waals surface area contributed by atoms with Crippen LogP contribution in [-0.2, 0) is 4.79 Å². The molecule has 0 aliphatic carbocycles. The average Bonchev–Trinajstić information content (AvgIpc) is 2.31. The van der Waals surface area contributed by atoms with E-state index in [-0.39, 0.29) is 6.07 Å². The number of amides is 1. The monoisotopic (exact) mass is 300 g/mol. The number of hydrogen-bond acceptors (Lipinski definition) is 2. The molecule has 112 valence electrons. The molecule has 0 aromatic heterocycles. The Hall–Kier alpha value is -1.93. The molecule has 0 radical (unpaired) electrons. The van der Waals surface area contributed by atoms with Crippen molar-refractivity contribution in [1.29, 1.82) is 0 Å². The van der Waals surface area contributed by atoms with Gasteiger partial charge in [-0.05, 0) is 6.92 Å². The molecule has 0 saturated heterocycles. The zero-order valence-corrected chi connectivity index (χ0v) is 10.1. The van der Waals surface area contributed by atoms with Gasteiger partial charge in [-0.1, -0.05) is 0 Å². The molecule has 1 rings (SSSR count). The van der Waals surface area contributed by atoms with Crippen LogP contribution in [0.5, 0.6) is 0 Å². The minimum Gasteiger partial charge on any atom is -0.371 e. The van der Waals surface area contributed by atoms with Crippen LogP contribution in [-0.4, -0.2) is 24.7 Å². The number of halogens is 6. The quantitative estimate of drug-likeness (QED) is 0.663. The molecule has 0 bridgehead atoms. The van der Waals surface area contributed by atoms with Crippen molar-refractivity contribution in [1.82, 2.24) is 5.32 Å². The van der Waals surface area contributed by atoms with E-state index in [1.165, 1.54) is 0 Å². The van der Waals surface area contributed by atoms with E-state index in [2.05, 4.69) is 5.32 Å². The number of carbonyl (C=O) groups is 1. The van der Waals surface area contributed by atoms with Crippen LogP contribution in [0.3, 0.4) is 0 Å². The smallest absolute Gasteiger partial charge is 0.371 e. The van der Waals surface area contributed by atoms with Gasteiger partial charge < -0.3 is 10.6 Å². The predicted molar refractivity (Wildman–Crippen MR) is 58.5 cm³/mol. The molecule has 0 heterocycles. The summed E-state index contributed by atoms with van der Waals surface area (Å²) in [6.45, 7) is -0.398. The van der Waals surface area contributed by atoms with Crippen LogP contribution in [0.25, 0.3) is 0 Å². The molecule has 0 saturated carbocycles. The lowest BCUT2D eigenvalue weighted by atomic mass is 10.2. The number of hydrogen-bond donors (Lipinski definition) is 2. The molecule has 0 spiro atoms. The van der Waals surface area contributed by atoms with Crippen LogP contribution in [0, 0.1) is 17.5 Å². The van der Waals surface area contributed by atoms with E-state index < -0.39 is 47.8 Å². The van der Waals surface area contributed by atoms with Gasteiger partial charge in [0.05, 0.1) is 5.69 Å². The molecule has 1 aromatic carbocycles. The highest BCUT2D eigenvalue weighted by atomic mass is 19.4. The maximum absolute atomic E-state index is 13.2. The standard InChI is InChI=1S/C11H10F6N2O/c1-5(10(20)18-4-11(15,16)17)19-9-3-7(13)6(12)2-8(9)14/h2-3,5,19H,4H2,1H3,(H,18,20). The summed E-state index contributed by atoms with van der Waals surface area (Å²) in [7, 11) is 0. The summed E-state index contributed by atoms with van der Waals surface area (Å²) in [5.41, 5.74) is -0.529. The van der Waals surface area contributed by atoms with Crippen LogP contribution in [0.2, 0.25) is 0 Å². The number of benzene rings is 1. The summed E-state index contributed by atoms with van der Waals surface area (Å²) >= 11 is 0. The molecule has 0 aliphatic rings. The molecule has 9 heteroatoms. The van der Waals surface area contributed by atoms with E-state index in [9.17, 15) is 31.1 Å². The van der Waals surface area contributed by atoms with Crippen LogP contribution in [0.1, 0.15) is 6.92 Å². The first-order chi connectivity index (χ1) is 9.10. The Balaban J connectivity index is 2.69. The molecule has 2 N–H and O–H groups in total. The Morgan fingerprint density at radius 2 is 1.70 bits per heavy atom. The van der Waals surface area contributed by atoms with Gasteiger partial charge in [0.25, 0.3) is 0 Å². The summed E-state index contributed by atoms with van der Waals surface area (Å²) in [6, 6.07) is -0.535. The van der Waals surface area contributed by atoms with E-state index in [0.717, 1.165) is 6.92 Å². The Kier molecular flexibility index (Phi) is 4.85. The SMILES string of the molecule is CC(Nc1cc(F)c(F)cc1F)C(=O)NCC(F)(F)F. The van der Waals surface area contributed by atoms with E-state index in [4.69, 9.17) is 0 Å². The van der Waals surface area contributed by atoms with Gasteiger partial charge in [0.15, 0.2) is 11.6 Å². The predicted octanol–water partition coefficient (Wildman–Crippen LogP) is 2.58. The Labute approximate surface area is 110 Å². The first kappa shape index (κ1) is 16.1. The zero-order chi connectivity index (χ0) is 15.5. The lowest BCUT2D eigenvalue weighted by Crippen LogP contribution is -2.42. The number of carbonyl (C=O) groups excluding carboxylic acids is 1. The second-order valence-corrected chi connectivity index (χ2v) is 3.95. The Bertz CT molecular complexity index is 502. The average molecular weight is 300 g/mol. The fourth-order valence-electron chi connectivity index (χ4n) is 1.27. The van der Waals surface area contributed by atoms with Crippen molar-refractivity contribution >= 4 is 11.6 Å². The fraction of sp³-hybridized carbons (Fsp3) is 0.364. The van der Waals surface area contributed by atoms with Gasteiger partial charge in [-0.15, -0.1) is 0 Å². The molecule has 1 amide bonds.